The van der Waals surface area contributed by atoms with E-state index in [-0.39, 0.29) is 18.2 Å². The molecule has 58 heavy (non-hydrogen) atoms. The number of hydrogen-bond donors (Lipinski definition) is 4. The summed E-state index contributed by atoms with van der Waals surface area (Å²) >= 11 is 0. The van der Waals surface area contributed by atoms with Crippen LogP contribution in [-0.2, 0) is 18.6 Å². The molecule has 5 atom stereocenters. The number of H-pyrrole nitrogens is 1. The van der Waals surface area contributed by atoms with E-state index in [1.54, 1.807) is 30.3 Å². The van der Waals surface area contributed by atoms with Crippen LogP contribution >= 0.6 is 7.75 Å². The van der Waals surface area contributed by atoms with E-state index in [0.29, 0.717) is 32.5 Å². The Morgan fingerprint density at radius 3 is 2.09 bits per heavy atom. The molecule has 13 nitrogen and oxygen atoms in total. The maximum atomic E-state index is 15.7. The lowest BCUT2D eigenvalue weighted by atomic mass is 9.98. The molecule has 1 unspecified atom stereocenters. The minimum atomic E-state index is -4.10. The first-order chi connectivity index (χ1) is 27.9. The second-order valence-corrected chi connectivity index (χ2v) is 15.6. The molecule has 2 aromatic rings. The van der Waals surface area contributed by atoms with Crippen LogP contribution in [0.4, 0.5) is 4.39 Å². The minimum Gasteiger partial charge on any atom is -0.413 e. The summed E-state index contributed by atoms with van der Waals surface area (Å²) in [7, 11) is -2.26. The van der Waals surface area contributed by atoms with Gasteiger partial charge < -0.3 is 24.6 Å². The Morgan fingerprint density at radius 1 is 0.931 bits per heavy atom. The second kappa shape index (κ2) is 26.5. The van der Waals surface area contributed by atoms with Gasteiger partial charge in [0.2, 0.25) is 5.91 Å². The number of allylic oxidation sites excluding steroid dienone is 12. The molecule has 15 heteroatoms. The number of aliphatic hydroxyl groups excluding tert-OH is 1. The zero-order valence-corrected chi connectivity index (χ0v) is 34.8. The van der Waals surface area contributed by atoms with Gasteiger partial charge in [0, 0.05) is 44.9 Å². The average molecular weight is 826 g/mol. The maximum Gasteiger partial charge on any atom is 0.458 e. The molecule has 1 fully saturated rings. The van der Waals surface area contributed by atoms with Gasteiger partial charge in [-0.2, -0.15) is 0 Å². The predicted octanol–water partition coefficient (Wildman–Crippen LogP) is 6.84. The number of likely N-dealkylation sites (N-methyl/N-ethyl adjacent to an activating group) is 1. The number of ether oxygens (including phenoxy) is 1. The van der Waals surface area contributed by atoms with Crippen molar-refractivity contribution < 1.29 is 32.6 Å². The number of aliphatic hydroxyl groups is 1. The number of rotatable bonds is 27. The van der Waals surface area contributed by atoms with E-state index in [0.717, 1.165) is 62.3 Å². The zero-order valence-electron chi connectivity index (χ0n) is 33.9. The smallest absolute Gasteiger partial charge is 0.413 e. The first kappa shape index (κ1) is 47.9. The highest BCUT2D eigenvalue weighted by Crippen LogP contribution is 2.47. The van der Waals surface area contributed by atoms with E-state index in [2.05, 4.69) is 84.2 Å². The second-order valence-electron chi connectivity index (χ2n) is 13.9. The van der Waals surface area contributed by atoms with Gasteiger partial charge in [0.15, 0.2) is 11.9 Å². The summed E-state index contributed by atoms with van der Waals surface area (Å²) in [6.07, 6.45) is 28.8. The molecule has 0 radical (unpaired) electrons. The molecule has 1 aromatic heterocycles. The number of benzene rings is 1. The number of aromatic nitrogens is 2. The molecular formula is C43H61FN5O8P. The Hall–Kier alpha value is -4.43. The van der Waals surface area contributed by atoms with Gasteiger partial charge in [0.25, 0.3) is 5.56 Å². The van der Waals surface area contributed by atoms with Crippen LogP contribution in [0.15, 0.2) is 125 Å². The number of halogens is 1. The fourth-order valence-corrected chi connectivity index (χ4v) is 7.00. The molecule has 0 aliphatic carbocycles. The molecule has 0 saturated carbocycles. The van der Waals surface area contributed by atoms with Crippen molar-refractivity contribution in [2.24, 2.45) is 0 Å². The maximum absolute atomic E-state index is 15.7. The van der Waals surface area contributed by atoms with Crippen molar-refractivity contribution in [3.63, 3.8) is 0 Å². The van der Waals surface area contributed by atoms with Gasteiger partial charge in [-0.25, -0.2) is 18.8 Å². The van der Waals surface area contributed by atoms with Gasteiger partial charge in [-0.05, 0) is 71.0 Å². The number of carbonyl (C=O) groups excluding carboxylic acids is 1. The lowest BCUT2D eigenvalue weighted by molar-refractivity contribution is -0.121. The van der Waals surface area contributed by atoms with Gasteiger partial charge >= 0.3 is 13.4 Å². The lowest BCUT2D eigenvalue weighted by Crippen LogP contribution is -2.43. The van der Waals surface area contributed by atoms with Crippen molar-refractivity contribution >= 4 is 13.7 Å². The molecular weight excluding hydrogens is 764 g/mol. The topological polar surface area (TPSA) is 164 Å². The standard InChI is InChI=1S/C43H61FN5O8P/c1-4-5-6-7-8-9-10-11-12-13-14-15-16-17-18-19-20-21-25-28-38(50)45-30-33-48(3)34-31-46-58(54,57-36-26-23-22-24-27-36)55-35-37-40(52)43(2,44)41(56-37)49-32-29-39(51)47-42(49)53/h5-6,8-9,11-12,14-15,17-18,20-24,26-27,29,32,37,40-41,52H,4,7,10,13,16,19,25,28,30-31,33-35H2,1-3H3,(H,45,50)(H,46,54)(H,47,51,53)/b6-5-,9-8-,12-11-,15-14-,18-17-,21-20-/t37-,40-,41-,43-,58?/m1/s1. The fourth-order valence-electron chi connectivity index (χ4n) is 5.68. The number of amides is 1. The third kappa shape index (κ3) is 18.0. The summed E-state index contributed by atoms with van der Waals surface area (Å²) in [6, 6.07) is 9.35. The Balaban J connectivity index is 1.32. The molecule has 318 valence electrons. The molecule has 2 heterocycles. The third-order valence-corrected chi connectivity index (χ3v) is 10.5. The number of nitrogens with zero attached hydrogens (tertiary/aromatic N) is 2. The molecule has 0 spiro atoms. The Morgan fingerprint density at radius 2 is 1.50 bits per heavy atom. The molecule has 0 bridgehead atoms. The van der Waals surface area contributed by atoms with Crippen LogP contribution in [-0.4, -0.2) is 83.2 Å². The molecule has 4 N–H and O–H groups in total. The van der Waals surface area contributed by atoms with Crippen molar-refractivity contribution in [1.82, 2.24) is 24.9 Å². The Kier molecular flexibility index (Phi) is 21.9. The van der Waals surface area contributed by atoms with Crippen molar-refractivity contribution in [2.45, 2.75) is 89.3 Å². The summed E-state index contributed by atoms with van der Waals surface area (Å²) in [5.41, 5.74) is -4.05. The SMILES string of the molecule is CC/C=C\C/C=C\C/C=C\C/C=C\C/C=C\C/C=C\CCC(=O)NCCN(C)CCNP(=O)(OC[C@H]1O[C@@H](n2ccc(=O)[nH]c2=O)[C@](C)(F)[C@@H]1O)Oc1ccccc1. The highest BCUT2D eigenvalue weighted by molar-refractivity contribution is 7.52. The van der Waals surface area contributed by atoms with E-state index in [1.807, 2.05) is 23.0 Å². The summed E-state index contributed by atoms with van der Waals surface area (Å²) in [4.78, 5) is 40.1. The summed E-state index contributed by atoms with van der Waals surface area (Å²) in [5, 5.41) is 16.5. The minimum absolute atomic E-state index is 0.0476. The third-order valence-electron chi connectivity index (χ3n) is 8.95. The Labute approximate surface area is 341 Å². The predicted molar refractivity (Wildman–Crippen MR) is 227 cm³/mol. The van der Waals surface area contributed by atoms with Gasteiger partial charge in [-0.15, -0.1) is 0 Å². The van der Waals surface area contributed by atoms with Gasteiger partial charge in [0.05, 0.1) is 6.61 Å². The van der Waals surface area contributed by atoms with Crippen molar-refractivity contribution in [3.05, 3.63) is 136 Å². The number of aromatic amines is 1. The monoisotopic (exact) mass is 825 g/mol. The van der Waals surface area contributed by atoms with E-state index in [1.165, 1.54) is 0 Å². The van der Waals surface area contributed by atoms with Crippen LogP contribution in [0.5, 0.6) is 5.75 Å². The number of para-hydroxylation sites is 1. The van der Waals surface area contributed by atoms with E-state index in [4.69, 9.17) is 13.8 Å². The van der Waals surface area contributed by atoms with Crippen LogP contribution in [0, 0.1) is 0 Å². The van der Waals surface area contributed by atoms with Crippen molar-refractivity contribution in [3.8, 4) is 5.75 Å². The summed E-state index contributed by atoms with van der Waals surface area (Å²) in [5.74, 6) is 0.202. The zero-order chi connectivity index (χ0) is 42.1. The van der Waals surface area contributed by atoms with E-state index < -0.39 is 49.7 Å². The molecule has 1 amide bonds. The molecule has 1 aromatic carbocycles. The number of nitrogens with one attached hydrogen (secondary N) is 3. The van der Waals surface area contributed by atoms with Gasteiger partial charge in [-0.3, -0.25) is 23.7 Å². The molecule has 1 aliphatic heterocycles. The Bertz CT molecular complexity index is 1860. The highest BCUT2D eigenvalue weighted by Gasteiger charge is 2.55. The molecule has 3 rings (SSSR count). The van der Waals surface area contributed by atoms with Crippen LogP contribution in [0.2, 0.25) is 0 Å². The van der Waals surface area contributed by atoms with Crippen LogP contribution in [0.25, 0.3) is 0 Å². The fraction of sp³-hybridized carbons (Fsp3) is 0.465. The van der Waals surface area contributed by atoms with Crippen molar-refractivity contribution in [1.29, 1.82) is 0 Å². The number of carbonyl (C=O) groups is 1. The summed E-state index contributed by atoms with van der Waals surface area (Å²) in [6.45, 7) is 4.16. The van der Waals surface area contributed by atoms with Crippen LogP contribution in [0.3, 0.4) is 0 Å². The van der Waals surface area contributed by atoms with Crippen LogP contribution in [0.1, 0.15) is 71.4 Å². The van der Waals surface area contributed by atoms with E-state index in [9.17, 15) is 24.1 Å². The van der Waals surface area contributed by atoms with Gasteiger partial charge in [-0.1, -0.05) is 98.0 Å². The average Bonchev–Trinajstić information content (AvgIpc) is 3.41. The normalized spacial score (nSPS) is 21.2. The van der Waals surface area contributed by atoms with Crippen LogP contribution < -0.4 is 26.2 Å². The molecule has 1 aliphatic rings. The lowest BCUT2D eigenvalue weighted by Gasteiger charge is -2.25. The highest BCUT2D eigenvalue weighted by atomic mass is 31.2. The number of hydrogen-bond acceptors (Lipinski definition) is 9. The first-order valence-corrected chi connectivity index (χ1v) is 21.4. The van der Waals surface area contributed by atoms with Gasteiger partial charge in [0.1, 0.15) is 18.0 Å². The largest absolute Gasteiger partial charge is 0.458 e. The quantitative estimate of drug-likeness (QED) is 0.0554. The number of alkyl halides is 1. The van der Waals surface area contributed by atoms with Crippen molar-refractivity contribution in [2.75, 3.05) is 39.8 Å². The molecule has 1 saturated heterocycles. The summed E-state index contributed by atoms with van der Waals surface area (Å²) < 4.78 is 47.4. The first-order valence-electron chi connectivity index (χ1n) is 19.9. The van der Waals surface area contributed by atoms with E-state index >= 15 is 4.39 Å².